The van der Waals surface area contributed by atoms with E-state index in [9.17, 15) is 28.8 Å². The van der Waals surface area contributed by atoms with E-state index in [1.165, 1.54) is 26.3 Å². The molecule has 2 heterocycles. The van der Waals surface area contributed by atoms with Crippen LogP contribution in [0.3, 0.4) is 0 Å². The molecular formula is C30H40N2O13. The number of nitrogens with zero attached hydrogens (tertiary/aromatic N) is 1. The summed E-state index contributed by atoms with van der Waals surface area (Å²) in [4.78, 5) is 80.2. The summed E-state index contributed by atoms with van der Waals surface area (Å²) < 4.78 is 37.6. The molecule has 1 aliphatic carbocycles. The van der Waals surface area contributed by atoms with E-state index in [2.05, 4.69) is 10.3 Å². The number of aromatic nitrogens is 1. The Morgan fingerprint density at radius 3 is 2.33 bits per heavy atom. The van der Waals surface area contributed by atoms with Crippen molar-refractivity contribution in [3.8, 4) is 11.5 Å². The van der Waals surface area contributed by atoms with Crippen molar-refractivity contribution in [3.63, 3.8) is 0 Å². The highest BCUT2D eigenvalue weighted by atomic mass is 16.7. The Balaban J connectivity index is 1.79. The van der Waals surface area contributed by atoms with E-state index in [1.807, 2.05) is 0 Å². The van der Waals surface area contributed by atoms with Gasteiger partial charge in [0.15, 0.2) is 29.3 Å². The standard InChI is InChI=1S/C30H40N2O13/c1-15(2)26(34)43-14-42-24-21(39-6)9-11-31-22(24)25(33)32-20-13-41-29(37)19(10-12-40-28(36)18-7-8-18)23(17(5)44-30(20)38)45-27(35)16(3)4/h9,11,15-20,23H,7-8,10,12-14H2,1-6H3,(H,32,33). The third-order valence-corrected chi connectivity index (χ3v) is 6.93. The van der Waals surface area contributed by atoms with Crippen LogP contribution >= 0.6 is 0 Å². The Bertz CT molecular complexity index is 1260. The van der Waals surface area contributed by atoms with Gasteiger partial charge >= 0.3 is 29.8 Å². The lowest BCUT2D eigenvalue weighted by molar-refractivity contribution is -0.177. The van der Waals surface area contributed by atoms with Crippen molar-refractivity contribution in [2.75, 3.05) is 27.1 Å². The monoisotopic (exact) mass is 636 g/mol. The normalized spacial score (nSPS) is 21.8. The first-order valence-corrected chi connectivity index (χ1v) is 14.7. The number of hydrogen-bond acceptors (Lipinski definition) is 14. The van der Waals surface area contributed by atoms with Crippen molar-refractivity contribution in [1.29, 1.82) is 0 Å². The molecule has 1 aromatic heterocycles. The fraction of sp³-hybridized carbons (Fsp3) is 0.633. The minimum atomic E-state index is -1.50. The molecule has 2 fully saturated rings. The molecule has 4 unspecified atom stereocenters. The first-order chi connectivity index (χ1) is 21.3. The highest BCUT2D eigenvalue weighted by molar-refractivity contribution is 5.98. The summed E-state index contributed by atoms with van der Waals surface area (Å²) in [5.41, 5.74) is -0.318. The van der Waals surface area contributed by atoms with Crippen LogP contribution in [0.1, 0.15) is 64.4 Å². The van der Waals surface area contributed by atoms with E-state index >= 15 is 0 Å². The second-order valence-electron chi connectivity index (χ2n) is 11.3. The Kier molecular flexibility index (Phi) is 12.5. The first-order valence-electron chi connectivity index (χ1n) is 14.7. The number of methoxy groups -OCH3 is 1. The minimum Gasteiger partial charge on any atom is -0.493 e. The molecule has 3 rings (SSSR count). The molecule has 0 aromatic carbocycles. The van der Waals surface area contributed by atoms with Crippen molar-refractivity contribution in [3.05, 3.63) is 18.0 Å². The van der Waals surface area contributed by atoms with Gasteiger partial charge in [-0.1, -0.05) is 27.7 Å². The molecule has 0 radical (unpaired) electrons. The van der Waals surface area contributed by atoms with E-state index < -0.39 is 79.2 Å². The quantitative estimate of drug-likeness (QED) is 0.187. The summed E-state index contributed by atoms with van der Waals surface area (Å²) in [5.74, 6) is -6.67. The number of ether oxygens (including phenoxy) is 7. The molecular weight excluding hydrogens is 596 g/mol. The molecule has 0 bridgehead atoms. The maximum atomic E-state index is 13.3. The lowest BCUT2D eigenvalue weighted by Crippen LogP contribution is -2.47. The number of amides is 1. The van der Waals surface area contributed by atoms with Crippen molar-refractivity contribution in [2.45, 2.75) is 72.1 Å². The maximum Gasteiger partial charge on any atom is 0.332 e. The third-order valence-electron chi connectivity index (χ3n) is 6.93. The summed E-state index contributed by atoms with van der Waals surface area (Å²) >= 11 is 0. The Hall–Kier alpha value is -4.43. The van der Waals surface area contributed by atoms with E-state index in [0.29, 0.717) is 0 Å². The van der Waals surface area contributed by atoms with Crippen LogP contribution in [0, 0.1) is 23.7 Å². The van der Waals surface area contributed by atoms with E-state index in [0.717, 1.165) is 12.8 Å². The molecule has 1 amide bonds. The second kappa shape index (κ2) is 16.0. The lowest BCUT2D eigenvalue weighted by Gasteiger charge is -2.29. The third kappa shape index (κ3) is 9.78. The van der Waals surface area contributed by atoms with Gasteiger partial charge in [-0.2, -0.15) is 0 Å². The number of rotatable bonds is 13. The van der Waals surface area contributed by atoms with Crippen LogP contribution in [0.4, 0.5) is 0 Å². The van der Waals surface area contributed by atoms with Crippen molar-refractivity contribution < 1.29 is 61.9 Å². The minimum absolute atomic E-state index is 0.0674. The molecule has 1 N–H and O–H groups in total. The second-order valence-corrected chi connectivity index (χ2v) is 11.3. The van der Waals surface area contributed by atoms with Crippen LogP contribution in [0.15, 0.2) is 12.3 Å². The van der Waals surface area contributed by atoms with Gasteiger partial charge in [0.2, 0.25) is 6.79 Å². The van der Waals surface area contributed by atoms with Gasteiger partial charge in [-0.05, 0) is 26.2 Å². The number of carbonyl (C=O) groups excluding carboxylic acids is 6. The molecule has 1 saturated carbocycles. The predicted molar refractivity (Wildman–Crippen MR) is 151 cm³/mol. The number of nitrogens with one attached hydrogen (secondary N) is 1. The maximum absolute atomic E-state index is 13.3. The molecule has 4 atom stereocenters. The molecule has 0 spiro atoms. The zero-order valence-electron chi connectivity index (χ0n) is 26.2. The van der Waals surface area contributed by atoms with Crippen LogP contribution < -0.4 is 14.8 Å². The SMILES string of the molecule is COc1ccnc(C(=O)NC2COC(=O)C(CCOC(=O)C3CC3)C(OC(=O)C(C)C)C(C)OC2=O)c1OCOC(=O)C(C)C. The number of cyclic esters (lactones) is 2. The van der Waals surface area contributed by atoms with Crippen molar-refractivity contribution >= 4 is 35.8 Å². The molecule has 15 nitrogen and oxygen atoms in total. The fourth-order valence-corrected chi connectivity index (χ4v) is 4.12. The number of carbonyl (C=O) groups is 6. The topological polar surface area (TPSA) is 192 Å². The number of esters is 5. The van der Waals surface area contributed by atoms with Gasteiger partial charge in [-0.15, -0.1) is 0 Å². The molecule has 15 heteroatoms. The van der Waals surface area contributed by atoms with Gasteiger partial charge in [-0.25, -0.2) is 9.78 Å². The molecule has 2 aliphatic rings. The lowest BCUT2D eigenvalue weighted by atomic mass is 9.94. The number of pyridine rings is 1. The first kappa shape index (κ1) is 35.1. The van der Waals surface area contributed by atoms with Gasteiger partial charge < -0.3 is 38.5 Å². The van der Waals surface area contributed by atoms with Gasteiger partial charge in [0, 0.05) is 12.3 Å². The zero-order valence-corrected chi connectivity index (χ0v) is 26.2. The van der Waals surface area contributed by atoms with Crippen LogP contribution in [0.25, 0.3) is 0 Å². The summed E-state index contributed by atoms with van der Waals surface area (Å²) in [6, 6.07) is -0.0919. The van der Waals surface area contributed by atoms with Gasteiger partial charge in [0.05, 0.1) is 31.5 Å². The average Bonchev–Trinajstić information content (AvgIpc) is 3.85. The Labute approximate surface area is 260 Å². The van der Waals surface area contributed by atoms with Crippen LogP contribution in [-0.2, 0) is 47.7 Å². The zero-order chi connectivity index (χ0) is 33.3. The molecule has 248 valence electrons. The largest absolute Gasteiger partial charge is 0.493 e. The van der Waals surface area contributed by atoms with E-state index in [-0.39, 0.29) is 42.1 Å². The summed E-state index contributed by atoms with van der Waals surface area (Å²) in [7, 11) is 1.33. The predicted octanol–water partition coefficient (Wildman–Crippen LogP) is 1.74. The van der Waals surface area contributed by atoms with E-state index in [4.69, 9.17) is 33.2 Å². The van der Waals surface area contributed by atoms with Crippen molar-refractivity contribution in [2.24, 2.45) is 23.7 Å². The molecule has 1 aromatic rings. The highest BCUT2D eigenvalue weighted by Crippen LogP contribution is 2.31. The molecule has 45 heavy (non-hydrogen) atoms. The summed E-state index contributed by atoms with van der Waals surface area (Å²) in [6.07, 6.45) is 0.256. The number of hydrogen-bond donors (Lipinski definition) is 1. The summed E-state index contributed by atoms with van der Waals surface area (Å²) in [5, 5.41) is 2.42. The smallest absolute Gasteiger partial charge is 0.332 e. The van der Waals surface area contributed by atoms with Crippen molar-refractivity contribution in [1.82, 2.24) is 10.3 Å². The van der Waals surface area contributed by atoms with Gasteiger partial charge in [-0.3, -0.25) is 24.0 Å². The van der Waals surface area contributed by atoms with E-state index in [1.54, 1.807) is 27.7 Å². The van der Waals surface area contributed by atoms with Crippen LogP contribution in [0.2, 0.25) is 0 Å². The Morgan fingerprint density at radius 1 is 1.02 bits per heavy atom. The molecule has 1 aliphatic heterocycles. The van der Waals surface area contributed by atoms with Gasteiger partial charge in [0.1, 0.15) is 18.6 Å². The summed E-state index contributed by atoms with van der Waals surface area (Å²) in [6.45, 7) is 6.58. The van der Waals surface area contributed by atoms with Crippen LogP contribution in [0.5, 0.6) is 11.5 Å². The van der Waals surface area contributed by atoms with Gasteiger partial charge in [0.25, 0.3) is 5.91 Å². The molecule has 1 saturated heterocycles. The van der Waals surface area contributed by atoms with Crippen LogP contribution in [-0.4, -0.2) is 86.1 Å². The average molecular weight is 637 g/mol. The fourth-order valence-electron chi connectivity index (χ4n) is 4.12. The highest BCUT2D eigenvalue weighted by Gasteiger charge is 2.42. The Morgan fingerprint density at radius 2 is 1.71 bits per heavy atom.